The summed E-state index contributed by atoms with van der Waals surface area (Å²) in [6.45, 7) is 0.844. The van der Waals surface area contributed by atoms with Gasteiger partial charge in [0.2, 0.25) is 0 Å². The van der Waals surface area contributed by atoms with Gasteiger partial charge in [0.25, 0.3) is 0 Å². The lowest BCUT2D eigenvalue weighted by Gasteiger charge is -2.24. The van der Waals surface area contributed by atoms with Crippen molar-refractivity contribution >= 4 is 17.3 Å². The molecule has 1 aromatic rings. The zero-order valence-corrected chi connectivity index (χ0v) is 10.4. The number of nitrogens with one attached hydrogen (secondary N) is 2. The van der Waals surface area contributed by atoms with Gasteiger partial charge in [-0.3, -0.25) is 10.4 Å². The minimum Gasteiger partial charge on any atom is -0.368 e. The number of anilines is 1. The number of hydrogen-bond acceptors (Lipinski definition) is 3. The summed E-state index contributed by atoms with van der Waals surface area (Å²) in [4.78, 5) is 0. The highest BCUT2D eigenvalue weighted by Crippen LogP contribution is 2.29. The predicted octanol–water partition coefficient (Wildman–Crippen LogP) is 3.32. The average molecular weight is 250 g/mol. The van der Waals surface area contributed by atoms with E-state index >= 15 is 0 Å². The van der Waals surface area contributed by atoms with Crippen LogP contribution in [0.25, 0.3) is 0 Å². The van der Waals surface area contributed by atoms with Crippen LogP contribution in [-0.2, 0) is 0 Å². The summed E-state index contributed by atoms with van der Waals surface area (Å²) in [6, 6.07) is 7.83. The maximum Gasteiger partial charge on any atom is 0.107 e. The first-order valence-electron chi connectivity index (χ1n) is 6.08. The lowest BCUT2D eigenvalue weighted by Crippen LogP contribution is -2.29. The van der Waals surface area contributed by atoms with Crippen molar-refractivity contribution < 1.29 is 0 Å². The van der Waals surface area contributed by atoms with Gasteiger partial charge in [-0.1, -0.05) is 17.7 Å². The third kappa shape index (κ3) is 2.20. The Balaban J connectivity index is 1.76. The Morgan fingerprint density at radius 1 is 1.24 bits per heavy atom. The van der Waals surface area contributed by atoms with Crippen LogP contribution in [0, 0.1) is 0 Å². The van der Waals surface area contributed by atoms with E-state index in [9.17, 15) is 0 Å². The van der Waals surface area contributed by atoms with Crippen LogP contribution >= 0.6 is 11.6 Å². The molecule has 1 heterocycles. The zero-order chi connectivity index (χ0) is 11.7. The van der Waals surface area contributed by atoms with E-state index in [2.05, 4.69) is 15.8 Å². The number of rotatable bonds is 2. The van der Waals surface area contributed by atoms with Gasteiger partial charge in [0, 0.05) is 10.7 Å². The van der Waals surface area contributed by atoms with Gasteiger partial charge >= 0.3 is 0 Å². The van der Waals surface area contributed by atoms with Crippen molar-refractivity contribution in [1.29, 1.82) is 0 Å². The van der Waals surface area contributed by atoms with Gasteiger partial charge in [0.05, 0.1) is 11.4 Å². The van der Waals surface area contributed by atoms with E-state index < -0.39 is 0 Å². The van der Waals surface area contributed by atoms with E-state index in [4.69, 9.17) is 11.6 Å². The fourth-order valence-electron chi connectivity index (χ4n) is 2.47. The molecule has 2 aliphatic rings. The lowest BCUT2D eigenvalue weighted by atomic mass is 10.0. The molecular formula is C13H16ClN3. The molecule has 0 saturated heterocycles. The molecule has 0 unspecified atom stereocenters. The van der Waals surface area contributed by atoms with Crippen LogP contribution in [0.5, 0.6) is 0 Å². The largest absolute Gasteiger partial charge is 0.368 e. The van der Waals surface area contributed by atoms with Crippen LogP contribution < -0.4 is 10.7 Å². The molecular weight excluding hydrogens is 234 g/mol. The van der Waals surface area contributed by atoms with Crippen molar-refractivity contribution in [2.24, 2.45) is 0 Å². The third-order valence-corrected chi connectivity index (χ3v) is 3.54. The Labute approximate surface area is 106 Å². The van der Waals surface area contributed by atoms with E-state index in [0.29, 0.717) is 0 Å². The van der Waals surface area contributed by atoms with Crippen LogP contribution in [0.15, 0.2) is 35.7 Å². The van der Waals surface area contributed by atoms with Crippen molar-refractivity contribution in [2.75, 3.05) is 12.1 Å². The molecule has 90 valence electrons. The maximum absolute atomic E-state index is 5.98. The summed E-state index contributed by atoms with van der Waals surface area (Å²) in [5, 5.41) is 6.41. The molecule has 0 fully saturated rings. The van der Waals surface area contributed by atoms with Gasteiger partial charge in [-0.2, -0.15) is 0 Å². The number of allylic oxidation sites excluding steroid dienone is 2. The molecule has 1 aliphatic carbocycles. The van der Waals surface area contributed by atoms with Gasteiger partial charge in [-0.15, -0.1) is 0 Å². The zero-order valence-electron chi connectivity index (χ0n) is 9.67. The first-order valence-corrected chi connectivity index (χ1v) is 6.46. The van der Waals surface area contributed by atoms with E-state index in [1.54, 1.807) is 0 Å². The van der Waals surface area contributed by atoms with Crippen LogP contribution in [-0.4, -0.2) is 11.7 Å². The van der Waals surface area contributed by atoms with Crippen molar-refractivity contribution in [2.45, 2.75) is 25.7 Å². The number of nitrogens with zero attached hydrogens (tertiary/aromatic N) is 1. The highest BCUT2D eigenvalue weighted by molar-refractivity contribution is 6.30. The Hall–Kier alpha value is -1.35. The van der Waals surface area contributed by atoms with E-state index in [0.717, 1.165) is 23.8 Å². The quantitative estimate of drug-likeness (QED) is 0.842. The molecule has 17 heavy (non-hydrogen) atoms. The Morgan fingerprint density at radius 3 is 3.00 bits per heavy atom. The minimum atomic E-state index is 0.764. The number of hydrogen-bond donors (Lipinski definition) is 2. The molecule has 0 atom stereocenters. The molecule has 0 saturated carbocycles. The molecule has 0 radical (unpaired) electrons. The van der Waals surface area contributed by atoms with Gasteiger partial charge in [0.1, 0.15) is 6.67 Å². The second-order valence-electron chi connectivity index (χ2n) is 4.52. The number of hydrazine groups is 1. The summed E-state index contributed by atoms with van der Waals surface area (Å²) in [5.74, 6) is 0. The van der Waals surface area contributed by atoms with Crippen LogP contribution in [0.2, 0.25) is 5.02 Å². The molecule has 0 spiro atoms. The molecule has 0 aromatic heterocycles. The van der Waals surface area contributed by atoms with Gasteiger partial charge in [-0.25, -0.2) is 0 Å². The second-order valence-corrected chi connectivity index (χ2v) is 4.95. The van der Waals surface area contributed by atoms with Crippen LogP contribution in [0.3, 0.4) is 0 Å². The van der Waals surface area contributed by atoms with Gasteiger partial charge in [-0.05, 0) is 43.9 Å². The third-order valence-electron chi connectivity index (χ3n) is 3.30. The van der Waals surface area contributed by atoms with Crippen molar-refractivity contribution in [3.8, 4) is 0 Å². The van der Waals surface area contributed by atoms with E-state index in [1.807, 2.05) is 24.3 Å². The number of halogens is 1. The maximum atomic E-state index is 5.98. The second kappa shape index (κ2) is 4.49. The summed E-state index contributed by atoms with van der Waals surface area (Å²) in [5.41, 5.74) is 7.27. The Bertz CT molecular complexity index is 456. The monoisotopic (exact) mass is 249 g/mol. The topological polar surface area (TPSA) is 27.3 Å². The van der Waals surface area contributed by atoms with Gasteiger partial charge < -0.3 is 5.32 Å². The van der Waals surface area contributed by atoms with Crippen LogP contribution in [0.4, 0.5) is 5.69 Å². The summed E-state index contributed by atoms with van der Waals surface area (Å²) in [6.07, 6.45) is 4.93. The average Bonchev–Trinajstić information content (AvgIpc) is 2.73. The molecule has 0 amide bonds. The van der Waals surface area contributed by atoms with Crippen LogP contribution in [0.1, 0.15) is 25.7 Å². The molecule has 1 aromatic carbocycles. The van der Waals surface area contributed by atoms with Crippen molar-refractivity contribution in [1.82, 2.24) is 10.3 Å². The first kappa shape index (κ1) is 10.8. The highest BCUT2D eigenvalue weighted by atomic mass is 35.5. The van der Waals surface area contributed by atoms with Crippen molar-refractivity contribution in [3.63, 3.8) is 0 Å². The minimum absolute atomic E-state index is 0.764. The van der Waals surface area contributed by atoms with E-state index in [1.165, 1.54) is 30.7 Å². The first-order chi connectivity index (χ1) is 8.33. The van der Waals surface area contributed by atoms with Gasteiger partial charge in [0.15, 0.2) is 0 Å². The molecule has 3 nitrogen and oxygen atoms in total. The molecule has 4 heteroatoms. The predicted molar refractivity (Wildman–Crippen MR) is 70.4 cm³/mol. The smallest absolute Gasteiger partial charge is 0.107 e. The standard InChI is InChI=1S/C13H16ClN3/c14-10-4-3-5-11(8-10)16-17-9-15-12-6-1-2-7-13(12)17/h3-5,8,15-16H,1-2,6-7,9H2. The Kier molecular flexibility index (Phi) is 2.85. The molecule has 2 N–H and O–H groups in total. The SMILES string of the molecule is Clc1cccc(NN2CNC3=C2CCCC3)c1. The van der Waals surface area contributed by atoms with E-state index in [-0.39, 0.29) is 0 Å². The highest BCUT2D eigenvalue weighted by Gasteiger charge is 2.24. The summed E-state index contributed by atoms with van der Waals surface area (Å²) < 4.78 is 0. The fraction of sp³-hybridized carbons (Fsp3) is 0.385. The molecule has 1 aliphatic heterocycles. The summed E-state index contributed by atoms with van der Waals surface area (Å²) >= 11 is 5.98. The Morgan fingerprint density at radius 2 is 2.12 bits per heavy atom. The fourth-order valence-corrected chi connectivity index (χ4v) is 2.66. The number of benzene rings is 1. The summed E-state index contributed by atoms with van der Waals surface area (Å²) in [7, 11) is 0. The molecule has 0 bridgehead atoms. The lowest BCUT2D eigenvalue weighted by molar-refractivity contribution is 0.415. The van der Waals surface area contributed by atoms with Crippen molar-refractivity contribution in [3.05, 3.63) is 40.7 Å². The normalized spacial score (nSPS) is 19.0. The molecule has 3 rings (SSSR count).